The molecule has 2 aliphatic rings. The van der Waals surface area contributed by atoms with Gasteiger partial charge >= 0.3 is 0 Å². The molecule has 16 heavy (non-hydrogen) atoms. The molecule has 1 aromatic carbocycles. The van der Waals surface area contributed by atoms with Crippen LogP contribution in [0.4, 0.5) is 0 Å². The maximum Gasteiger partial charge on any atom is 0.119 e. The quantitative estimate of drug-likeness (QED) is 0.822. The Hall–Kier alpha value is -1.02. The first-order chi connectivity index (χ1) is 7.90. The van der Waals surface area contributed by atoms with Crippen molar-refractivity contribution in [1.82, 2.24) is 5.32 Å². The van der Waals surface area contributed by atoms with E-state index in [1.165, 1.54) is 32.1 Å². The zero-order chi connectivity index (χ0) is 10.8. The average molecular weight is 217 g/mol. The van der Waals surface area contributed by atoms with Gasteiger partial charge in [-0.05, 0) is 37.8 Å². The largest absolute Gasteiger partial charge is 0.490 e. The second-order valence-corrected chi connectivity index (χ2v) is 5.02. The highest BCUT2D eigenvalue weighted by molar-refractivity contribution is 5.21. The normalized spacial score (nSPS) is 33.4. The molecule has 0 radical (unpaired) electrons. The minimum Gasteiger partial charge on any atom is -0.490 e. The maximum atomic E-state index is 6.05. The van der Waals surface area contributed by atoms with Crippen molar-refractivity contribution < 1.29 is 4.74 Å². The predicted octanol–water partition coefficient (Wildman–Crippen LogP) is 2.74. The highest BCUT2D eigenvalue weighted by Crippen LogP contribution is 2.28. The van der Waals surface area contributed by atoms with Gasteiger partial charge in [0, 0.05) is 12.1 Å². The summed E-state index contributed by atoms with van der Waals surface area (Å²) in [5.74, 6) is 1.02. The number of para-hydroxylation sites is 1. The highest BCUT2D eigenvalue weighted by atomic mass is 16.5. The van der Waals surface area contributed by atoms with E-state index in [9.17, 15) is 0 Å². The third-order valence-electron chi connectivity index (χ3n) is 3.72. The molecule has 2 bridgehead atoms. The van der Waals surface area contributed by atoms with E-state index in [0.29, 0.717) is 18.2 Å². The molecule has 2 aliphatic heterocycles. The molecule has 2 fully saturated rings. The van der Waals surface area contributed by atoms with Gasteiger partial charge in [0.05, 0.1) is 0 Å². The number of hydrogen-bond donors (Lipinski definition) is 1. The number of fused-ring (bicyclic) bond motifs is 2. The molecule has 1 aromatic rings. The van der Waals surface area contributed by atoms with E-state index in [4.69, 9.17) is 4.74 Å². The summed E-state index contributed by atoms with van der Waals surface area (Å²) in [6.45, 7) is 0. The van der Waals surface area contributed by atoms with Crippen molar-refractivity contribution in [2.24, 2.45) is 0 Å². The molecule has 0 aliphatic carbocycles. The van der Waals surface area contributed by atoms with Crippen molar-refractivity contribution in [3.63, 3.8) is 0 Å². The number of hydrogen-bond acceptors (Lipinski definition) is 2. The molecule has 86 valence electrons. The first kappa shape index (κ1) is 10.2. The van der Waals surface area contributed by atoms with E-state index in [2.05, 4.69) is 17.4 Å². The van der Waals surface area contributed by atoms with Gasteiger partial charge in [-0.3, -0.25) is 0 Å². The van der Waals surface area contributed by atoms with Crippen molar-refractivity contribution >= 4 is 0 Å². The van der Waals surface area contributed by atoms with Gasteiger partial charge in [-0.2, -0.15) is 0 Å². The molecule has 2 nitrogen and oxygen atoms in total. The lowest BCUT2D eigenvalue weighted by Crippen LogP contribution is -2.51. The van der Waals surface area contributed by atoms with Crippen LogP contribution in [0, 0.1) is 0 Å². The molecule has 0 saturated carbocycles. The number of ether oxygens (including phenoxy) is 1. The van der Waals surface area contributed by atoms with Crippen LogP contribution in [0.2, 0.25) is 0 Å². The number of rotatable bonds is 2. The topological polar surface area (TPSA) is 21.3 Å². The molecule has 2 heteroatoms. The average Bonchev–Trinajstić information content (AvgIpc) is 2.30. The predicted molar refractivity (Wildman–Crippen MR) is 64.7 cm³/mol. The Kier molecular flexibility index (Phi) is 2.83. The standard InChI is InChI=1S/C14H19NO/c1-2-7-13(8-3-1)16-14-9-11-5-4-6-12(10-14)15-11/h1-3,7-8,11-12,14-15H,4-6,9-10H2/t11-,12+,14-. The Morgan fingerprint density at radius 2 is 1.69 bits per heavy atom. The molecule has 0 spiro atoms. The molecular weight excluding hydrogens is 198 g/mol. The van der Waals surface area contributed by atoms with Crippen LogP contribution in [-0.4, -0.2) is 18.2 Å². The monoisotopic (exact) mass is 217 g/mol. The second-order valence-electron chi connectivity index (χ2n) is 5.02. The number of nitrogens with one attached hydrogen (secondary N) is 1. The molecular formula is C14H19NO. The van der Waals surface area contributed by atoms with Crippen LogP contribution in [0.3, 0.4) is 0 Å². The van der Waals surface area contributed by atoms with Crippen LogP contribution in [-0.2, 0) is 0 Å². The van der Waals surface area contributed by atoms with Gasteiger partial charge in [0.25, 0.3) is 0 Å². The van der Waals surface area contributed by atoms with Crippen molar-refractivity contribution in [3.8, 4) is 5.75 Å². The van der Waals surface area contributed by atoms with Crippen LogP contribution < -0.4 is 10.1 Å². The fraction of sp³-hybridized carbons (Fsp3) is 0.571. The molecule has 3 atom stereocenters. The summed E-state index contributed by atoms with van der Waals surface area (Å²) in [5.41, 5.74) is 0. The lowest BCUT2D eigenvalue weighted by Gasteiger charge is -2.40. The Bertz CT molecular complexity index is 326. The zero-order valence-electron chi connectivity index (χ0n) is 9.56. The van der Waals surface area contributed by atoms with Gasteiger partial charge < -0.3 is 10.1 Å². The second kappa shape index (κ2) is 4.46. The Morgan fingerprint density at radius 1 is 1.00 bits per heavy atom. The molecule has 0 unspecified atom stereocenters. The highest BCUT2D eigenvalue weighted by Gasteiger charge is 2.32. The molecule has 2 saturated heterocycles. The van der Waals surface area contributed by atoms with Crippen LogP contribution >= 0.6 is 0 Å². The van der Waals surface area contributed by atoms with Gasteiger partial charge in [-0.25, -0.2) is 0 Å². The summed E-state index contributed by atoms with van der Waals surface area (Å²) in [5, 5.41) is 3.69. The smallest absolute Gasteiger partial charge is 0.119 e. The Morgan fingerprint density at radius 3 is 2.38 bits per heavy atom. The van der Waals surface area contributed by atoms with Gasteiger partial charge in [0.2, 0.25) is 0 Å². The third kappa shape index (κ3) is 2.22. The Labute approximate surface area is 97.0 Å². The lowest BCUT2D eigenvalue weighted by molar-refractivity contribution is 0.0927. The van der Waals surface area contributed by atoms with Crippen LogP contribution in [0.5, 0.6) is 5.75 Å². The number of piperidine rings is 2. The SMILES string of the molecule is c1ccc(O[C@@H]2C[C@H]3CCC[C@@H](C2)N3)cc1. The van der Waals surface area contributed by atoms with Crippen LogP contribution in [0.1, 0.15) is 32.1 Å². The van der Waals surface area contributed by atoms with Gasteiger partial charge in [0.1, 0.15) is 11.9 Å². The van der Waals surface area contributed by atoms with Gasteiger partial charge in [0.15, 0.2) is 0 Å². The van der Waals surface area contributed by atoms with Gasteiger partial charge in [-0.15, -0.1) is 0 Å². The fourth-order valence-electron chi connectivity index (χ4n) is 3.00. The maximum absolute atomic E-state index is 6.05. The first-order valence-electron chi connectivity index (χ1n) is 6.38. The van der Waals surface area contributed by atoms with E-state index in [-0.39, 0.29) is 0 Å². The van der Waals surface area contributed by atoms with Crippen LogP contribution in [0.25, 0.3) is 0 Å². The summed E-state index contributed by atoms with van der Waals surface area (Å²) in [6.07, 6.45) is 6.80. The Balaban J connectivity index is 1.63. The minimum absolute atomic E-state index is 0.416. The summed E-state index contributed by atoms with van der Waals surface area (Å²) in [7, 11) is 0. The van der Waals surface area contributed by atoms with Crippen LogP contribution in [0.15, 0.2) is 30.3 Å². The van der Waals surface area contributed by atoms with Gasteiger partial charge in [-0.1, -0.05) is 24.6 Å². The molecule has 0 amide bonds. The van der Waals surface area contributed by atoms with Crippen molar-refractivity contribution in [1.29, 1.82) is 0 Å². The summed E-state index contributed by atoms with van der Waals surface area (Å²) >= 11 is 0. The molecule has 1 N–H and O–H groups in total. The molecule has 3 rings (SSSR count). The fourth-order valence-corrected chi connectivity index (χ4v) is 3.00. The summed E-state index contributed by atoms with van der Waals surface area (Å²) in [6, 6.07) is 11.6. The van der Waals surface area contributed by atoms with E-state index < -0.39 is 0 Å². The minimum atomic E-state index is 0.416. The van der Waals surface area contributed by atoms with E-state index in [1.54, 1.807) is 0 Å². The van der Waals surface area contributed by atoms with E-state index in [0.717, 1.165) is 5.75 Å². The zero-order valence-corrected chi connectivity index (χ0v) is 9.56. The molecule has 2 heterocycles. The van der Waals surface area contributed by atoms with Crippen molar-refractivity contribution in [2.45, 2.75) is 50.3 Å². The van der Waals surface area contributed by atoms with E-state index >= 15 is 0 Å². The van der Waals surface area contributed by atoms with Crippen molar-refractivity contribution in [2.75, 3.05) is 0 Å². The number of benzene rings is 1. The van der Waals surface area contributed by atoms with E-state index in [1.807, 2.05) is 18.2 Å². The summed E-state index contributed by atoms with van der Waals surface area (Å²) in [4.78, 5) is 0. The first-order valence-corrected chi connectivity index (χ1v) is 6.38. The lowest BCUT2D eigenvalue weighted by atomic mass is 9.85. The third-order valence-corrected chi connectivity index (χ3v) is 3.72. The summed E-state index contributed by atoms with van der Waals surface area (Å²) < 4.78 is 6.05. The van der Waals surface area contributed by atoms with Crippen molar-refractivity contribution in [3.05, 3.63) is 30.3 Å². The molecule has 0 aromatic heterocycles.